The molecule has 0 spiro atoms. The zero-order valence-electron chi connectivity index (χ0n) is 21.3. The van der Waals surface area contributed by atoms with E-state index in [9.17, 15) is 23.1 Å². The van der Waals surface area contributed by atoms with Crippen molar-refractivity contribution in [2.45, 2.75) is 50.0 Å². The number of piperazine rings is 1. The number of carbonyl (C=O) groups excluding carboxylic acids is 1. The van der Waals surface area contributed by atoms with Crippen molar-refractivity contribution in [3.63, 3.8) is 0 Å². The van der Waals surface area contributed by atoms with Crippen LogP contribution in [0.5, 0.6) is 5.75 Å². The molecule has 1 amide bonds. The molecule has 37 heavy (non-hydrogen) atoms. The van der Waals surface area contributed by atoms with E-state index in [1.807, 2.05) is 38.1 Å². The standard InChI is InChI=1S/C26H35N3O7S/c1-3-35-22-11-9-21(10-12-22)6-4-5-15-26(36-27,25(31)32)24(30)28-16-18-29(19-17-28)37(33,34)23-13-7-20(2)8-14-23/h7-14H,3-6,15-19,27H2,1-2H3,(H,31,32)/t26-/m0/s1. The molecule has 10 nitrogen and oxygen atoms in total. The highest BCUT2D eigenvalue weighted by atomic mass is 32.2. The zero-order chi connectivity index (χ0) is 27.1. The van der Waals surface area contributed by atoms with Gasteiger partial charge in [-0.3, -0.25) is 9.63 Å². The molecular weight excluding hydrogens is 498 g/mol. The number of aryl methyl sites for hydroxylation is 2. The van der Waals surface area contributed by atoms with Crippen molar-refractivity contribution in [3.05, 3.63) is 59.7 Å². The number of hydrogen-bond acceptors (Lipinski definition) is 7. The maximum Gasteiger partial charge on any atom is 0.348 e. The molecule has 0 unspecified atom stereocenters. The summed E-state index contributed by atoms with van der Waals surface area (Å²) < 4.78 is 32.6. The molecule has 0 aliphatic carbocycles. The van der Waals surface area contributed by atoms with E-state index in [0.29, 0.717) is 25.9 Å². The van der Waals surface area contributed by atoms with Crippen LogP contribution in [0, 0.1) is 6.92 Å². The Morgan fingerprint density at radius 2 is 1.62 bits per heavy atom. The van der Waals surface area contributed by atoms with Gasteiger partial charge in [0.2, 0.25) is 10.0 Å². The van der Waals surface area contributed by atoms with Gasteiger partial charge in [0.15, 0.2) is 0 Å². The molecule has 0 aromatic heterocycles. The first-order valence-corrected chi connectivity index (χ1v) is 13.8. The maximum atomic E-state index is 13.3. The number of aliphatic carboxylic acids is 1. The summed E-state index contributed by atoms with van der Waals surface area (Å²) in [4.78, 5) is 31.8. The molecule has 0 radical (unpaired) electrons. The second-order valence-electron chi connectivity index (χ2n) is 9.04. The number of nitrogens with two attached hydrogens (primary N) is 1. The average molecular weight is 534 g/mol. The lowest BCUT2D eigenvalue weighted by molar-refractivity contribution is -0.182. The molecule has 11 heteroatoms. The summed E-state index contributed by atoms with van der Waals surface area (Å²) in [6.07, 6.45) is 1.61. The molecule has 2 aromatic rings. The number of carboxylic acid groups (broad SMARTS) is 1. The highest BCUT2D eigenvalue weighted by molar-refractivity contribution is 7.89. The van der Waals surface area contributed by atoms with Gasteiger partial charge in [-0.2, -0.15) is 4.31 Å². The van der Waals surface area contributed by atoms with Crippen LogP contribution in [-0.4, -0.2) is 73.0 Å². The molecule has 2 aromatic carbocycles. The van der Waals surface area contributed by atoms with Gasteiger partial charge >= 0.3 is 5.97 Å². The molecule has 202 valence electrons. The number of hydrogen-bond donors (Lipinski definition) is 2. The fraction of sp³-hybridized carbons (Fsp3) is 0.462. The van der Waals surface area contributed by atoms with E-state index in [4.69, 9.17) is 15.5 Å². The lowest BCUT2D eigenvalue weighted by Gasteiger charge is -2.38. The summed E-state index contributed by atoms with van der Waals surface area (Å²) in [5.41, 5.74) is -0.215. The second kappa shape index (κ2) is 12.5. The highest BCUT2D eigenvalue weighted by Crippen LogP contribution is 2.25. The first kappa shape index (κ1) is 28.6. The molecule has 1 atom stereocenters. The summed E-state index contributed by atoms with van der Waals surface area (Å²) in [5, 5.41) is 9.90. The third kappa shape index (κ3) is 6.67. The number of amides is 1. The molecule has 1 aliphatic heterocycles. The van der Waals surface area contributed by atoms with Crippen LogP contribution < -0.4 is 10.6 Å². The predicted molar refractivity (Wildman–Crippen MR) is 137 cm³/mol. The van der Waals surface area contributed by atoms with Crippen LogP contribution in [0.2, 0.25) is 0 Å². The molecule has 1 aliphatic rings. The Balaban J connectivity index is 1.59. The second-order valence-corrected chi connectivity index (χ2v) is 11.0. The lowest BCUT2D eigenvalue weighted by atomic mass is 9.93. The van der Waals surface area contributed by atoms with Crippen molar-refractivity contribution < 1.29 is 32.7 Å². The third-order valence-electron chi connectivity index (χ3n) is 6.56. The van der Waals surface area contributed by atoms with E-state index in [1.165, 1.54) is 9.21 Å². The number of rotatable bonds is 12. The van der Waals surface area contributed by atoms with Crippen LogP contribution in [0.3, 0.4) is 0 Å². The Kier molecular flexibility index (Phi) is 9.66. The van der Waals surface area contributed by atoms with Gasteiger partial charge in [-0.15, -0.1) is 0 Å². The fourth-order valence-corrected chi connectivity index (χ4v) is 5.76. The van der Waals surface area contributed by atoms with E-state index in [1.54, 1.807) is 24.3 Å². The van der Waals surface area contributed by atoms with Gasteiger partial charge < -0.3 is 14.7 Å². The summed E-state index contributed by atoms with van der Waals surface area (Å²) in [7, 11) is -3.72. The van der Waals surface area contributed by atoms with Crippen LogP contribution in [0.25, 0.3) is 0 Å². The smallest absolute Gasteiger partial charge is 0.348 e. The molecule has 3 N–H and O–H groups in total. The topological polar surface area (TPSA) is 139 Å². The minimum Gasteiger partial charge on any atom is -0.494 e. The van der Waals surface area contributed by atoms with Crippen LogP contribution in [0.1, 0.15) is 37.3 Å². The fourth-order valence-electron chi connectivity index (χ4n) is 4.33. The maximum absolute atomic E-state index is 13.3. The van der Waals surface area contributed by atoms with E-state index in [0.717, 1.165) is 16.9 Å². The Bertz CT molecular complexity index is 1160. The van der Waals surface area contributed by atoms with Crippen LogP contribution >= 0.6 is 0 Å². The summed E-state index contributed by atoms with van der Waals surface area (Å²) in [6, 6.07) is 14.2. The van der Waals surface area contributed by atoms with Crippen molar-refractivity contribution in [2.24, 2.45) is 5.90 Å². The Hall–Kier alpha value is -2.99. The van der Waals surface area contributed by atoms with Gasteiger partial charge in [-0.05, 0) is 69.4 Å². The predicted octanol–water partition coefficient (Wildman–Crippen LogP) is 2.35. The van der Waals surface area contributed by atoms with Crippen molar-refractivity contribution >= 4 is 21.9 Å². The number of carbonyl (C=O) groups is 2. The van der Waals surface area contributed by atoms with Crippen molar-refractivity contribution in [2.75, 3.05) is 32.8 Å². The van der Waals surface area contributed by atoms with Gasteiger partial charge in [-0.25, -0.2) is 19.1 Å². The third-order valence-corrected chi connectivity index (χ3v) is 8.47. The van der Waals surface area contributed by atoms with E-state index in [-0.39, 0.29) is 37.5 Å². The number of ether oxygens (including phenoxy) is 1. The molecular formula is C26H35N3O7S. The number of carboxylic acids is 1. The first-order valence-electron chi connectivity index (χ1n) is 12.3. The van der Waals surface area contributed by atoms with Gasteiger partial charge in [-0.1, -0.05) is 29.8 Å². The van der Waals surface area contributed by atoms with Gasteiger partial charge in [0.05, 0.1) is 11.5 Å². The quantitative estimate of drug-likeness (QED) is 0.241. The molecule has 1 fully saturated rings. The van der Waals surface area contributed by atoms with Crippen LogP contribution in [0.4, 0.5) is 0 Å². The number of unbranched alkanes of at least 4 members (excludes halogenated alkanes) is 1. The molecule has 0 bridgehead atoms. The average Bonchev–Trinajstić information content (AvgIpc) is 2.90. The molecule has 1 saturated heterocycles. The van der Waals surface area contributed by atoms with E-state index >= 15 is 0 Å². The summed E-state index contributed by atoms with van der Waals surface area (Å²) in [6.45, 7) is 4.52. The Morgan fingerprint density at radius 1 is 1.00 bits per heavy atom. The van der Waals surface area contributed by atoms with E-state index < -0.39 is 27.5 Å². The SMILES string of the molecule is CCOc1ccc(CCCC[C@@](ON)(C(=O)O)C(=O)N2CCN(S(=O)(=O)c3ccc(C)cc3)CC2)cc1. The number of sulfonamides is 1. The van der Waals surface area contributed by atoms with Crippen molar-refractivity contribution in [1.82, 2.24) is 9.21 Å². The molecule has 0 saturated carbocycles. The first-order chi connectivity index (χ1) is 17.6. The van der Waals surface area contributed by atoms with Crippen molar-refractivity contribution in [1.29, 1.82) is 0 Å². The molecule has 3 rings (SSSR count). The van der Waals surface area contributed by atoms with Gasteiger partial charge in [0.1, 0.15) is 5.75 Å². The monoisotopic (exact) mass is 533 g/mol. The van der Waals surface area contributed by atoms with Gasteiger partial charge in [0.25, 0.3) is 11.5 Å². The van der Waals surface area contributed by atoms with Crippen LogP contribution in [0.15, 0.2) is 53.4 Å². The summed E-state index contributed by atoms with van der Waals surface area (Å²) in [5.74, 6) is 3.94. The normalized spacial score (nSPS) is 16.2. The number of benzene rings is 2. The lowest BCUT2D eigenvalue weighted by Crippen LogP contribution is -2.61. The minimum atomic E-state index is -3.72. The largest absolute Gasteiger partial charge is 0.494 e. The highest BCUT2D eigenvalue weighted by Gasteiger charge is 2.50. The minimum absolute atomic E-state index is 0.0362. The summed E-state index contributed by atoms with van der Waals surface area (Å²) >= 11 is 0. The number of nitrogens with zero attached hydrogens (tertiary/aromatic N) is 2. The molecule has 1 heterocycles. The van der Waals surface area contributed by atoms with E-state index in [2.05, 4.69) is 0 Å². The van der Waals surface area contributed by atoms with Crippen LogP contribution in [-0.2, 0) is 30.9 Å². The Morgan fingerprint density at radius 3 is 2.16 bits per heavy atom. The zero-order valence-corrected chi connectivity index (χ0v) is 22.1. The van der Waals surface area contributed by atoms with Gasteiger partial charge in [0, 0.05) is 26.2 Å². The Labute approximate surface area is 218 Å². The van der Waals surface area contributed by atoms with Crippen molar-refractivity contribution in [3.8, 4) is 5.75 Å².